The Morgan fingerprint density at radius 3 is 2.60 bits per heavy atom. The van der Waals surface area contributed by atoms with Gasteiger partial charge in [0.15, 0.2) is 0 Å². The molecule has 1 heterocycles. The number of sulfonamides is 1. The first kappa shape index (κ1) is 15.2. The first-order valence-electron chi connectivity index (χ1n) is 7.12. The van der Waals surface area contributed by atoms with Crippen molar-refractivity contribution in [2.75, 3.05) is 6.54 Å². The molecular weight excluding hydrogens is 272 g/mol. The highest BCUT2D eigenvalue weighted by Gasteiger charge is 2.30. The number of nitrogens with zero attached hydrogens (tertiary/aromatic N) is 1. The Hall–Kier alpha value is -1.20. The van der Waals surface area contributed by atoms with Crippen LogP contribution >= 0.6 is 0 Å². The smallest absolute Gasteiger partial charge is 0.283 e. The monoisotopic (exact) mass is 294 g/mol. The van der Waals surface area contributed by atoms with E-state index in [0.29, 0.717) is 22.9 Å². The normalized spacial score (nSPS) is 17.9. The van der Waals surface area contributed by atoms with E-state index < -0.39 is 10.0 Å². The van der Waals surface area contributed by atoms with Gasteiger partial charge in [0, 0.05) is 18.0 Å². The highest BCUT2D eigenvalue weighted by atomic mass is 32.2. The van der Waals surface area contributed by atoms with Crippen LogP contribution in [0.3, 0.4) is 0 Å². The molecule has 0 aliphatic carbocycles. The van der Waals surface area contributed by atoms with Crippen LogP contribution in [0.2, 0.25) is 0 Å². The van der Waals surface area contributed by atoms with Crippen LogP contribution in [0, 0.1) is 5.92 Å². The molecule has 4 nitrogen and oxygen atoms in total. The average molecular weight is 294 g/mol. The van der Waals surface area contributed by atoms with Crippen LogP contribution in [0.1, 0.15) is 39.2 Å². The molecule has 1 aliphatic heterocycles. The Morgan fingerprint density at radius 2 is 1.95 bits per heavy atom. The van der Waals surface area contributed by atoms with E-state index in [-0.39, 0.29) is 6.04 Å². The molecule has 1 aliphatic rings. The first-order chi connectivity index (χ1) is 9.45. The average Bonchev–Trinajstić information content (AvgIpc) is 2.66. The van der Waals surface area contributed by atoms with Gasteiger partial charge in [0.1, 0.15) is 0 Å². The fraction of sp³-hybridized carbons (Fsp3) is 0.533. The van der Waals surface area contributed by atoms with Crippen molar-refractivity contribution in [2.45, 2.75) is 44.6 Å². The predicted molar refractivity (Wildman–Crippen MR) is 81.7 cm³/mol. The zero-order chi connectivity index (χ0) is 14.8. The third kappa shape index (κ3) is 3.10. The molecule has 2 rings (SSSR count). The summed E-state index contributed by atoms with van der Waals surface area (Å²) in [6, 6.07) is 7.32. The predicted octanol–water partition coefficient (Wildman–Crippen LogP) is 2.59. The Kier molecular flexibility index (Phi) is 4.60. The van der Waals surface area contributed by atoms with E-state index in [0.717, 1.165) is 18.5 Å². The lowest BCUT2D eigenvalue weighted by Gasteiger charge is -2.22. The summed E-state index contributed by atoms with van der Waals surface area (Å²) in [5.41, 5.74) is 1.44. The van der Waals surface area contributed by atoms with E-state index in [9.17, 15) is 8.42 Å². The Labute approximate surface area is 121 Å². The molecule has 110 valence electrons. The van der Waals surface area contributed by atoms with Crippen LogP contribution in [-0.4, -0.2) is 26.7 Å². The van der Waals surface area contributed by atoms with Gasteiger partial charge in [-0.2, -0.15) is 12.8 Å². The molecule has 5 heteroatoms. The van der Waals surface area contributed by atoms with Crippen LogP contribution in [0.4, 0.5) is 0 Å². The lowest BCUT2D eigenvalue weighted by atomic mass is 9.95. The van der Waals surface area contributed by atoms with Crippen molar-refractivity contribution < 1.29 is 8.42 Å². The fourth-order valence-corrected chi connectivity index (χ4v) is 3.68. The second-order valence-electron chi connectivity index (χ2n) is 5.52. The van der Waals surface area contributed by atoms with Gasteiger partial charge in [0.05, 0.1) is 10.6 Å². The fourth-order valence-electron chi connectivity index (χ4n) is 2.40. The summed E-state index contributed by atoms with van der Waals surface area (Å²) >= 11 is 0. The third-order valence-electron chi connectivity index (χ3n) is 3.58. The SMILES string of the molecule is CCCNC(CC1=NS(=O)(=O)c2ccccc21)C(C)C. The van der Waals surface area contributed by atoms with Crippen molar-refractivity contribution in [3.05, 3.63) is 29.8 Å². The first-order valence-corrected chi connectivity index (χ1v) is 8.56. The van der Waals surface area contributed by atoms with Gasteiger partial charge in [-0.1, -0.05) is 39.0 Å². The highest BCUT2D eigenvalue weighted by molar-refractivity contribution is 7.90. The van der Waals surface area contributed by atoms with Gasteiger partial charge in [-0.15, -0.1) is 0 Å². The molecule has 0 radical (unpaired) electrons. The summed E-state index contributed by atoms with van der Waals surface area (Å²) in [6.07, 6.45) is 1.71. The summed E-state index contributed by atoms with van der Waals surface area (Å²) in [6.45, 7) is 7.34. The number of hydrogen-bond donors (Lipinski definition) is 1. The molecule has 0 saturated carbocycles. The van der Waals surface area contributed by atoms with E-state index >= 15 is 0 Å². The number of nitrogens with one attached hydrogen (secondary N) is 1. The molecule has 0 spiro atoms. The highest BCUT2D eigenvalue weighted by Crippen LogP contribution is 2.28. The molecule has 0 fully saturated rings. The standard InChI is InChI=1S/C15H22N2O2S/c1-4-9-16-13(11(2)3)10-14-12-7-5-6-8-15(12)20(18,19)17-14/h5-8,11,13,16H,4,9-10H2,1-3H3. The van der Waals surface area contributed by atoms with Crippen LogP contribution in [0.5, 0.6) is 0 Å². The summed E-state index contributed by atoms with van der Waals surface area (Å²) in [7, 11) is -3.49. The van der Waals surface area contributed by atoms with Crippen molar-refractivity contribution >= 4 is 15.7 Å². The lowest BCUT2D eigenvalue weighted by Crippen LogP contribution is -2.36. The molecule has 1 aromatic carbocycles. The molecule has 0 amide bonds. The Bertz CT molecular complexity index is 606. The molecule has 1 atom stereocenters. The minimum atomic E-state index is -3.49. The summed E-state index contributed by atoms with van der Waals surface area (Å²) < 4.78 is 28.0. The van der Waals surface area contributed by atoms with Crippen molar-refractivity contribution in [3.63, 3.8) is 0 Å². The second-order valence-corrected chi connectivity index (χ2v) is 7.09. The molecule has 0 saturated heterocycles. The number of fused-ring (bicyclic) bond motifs is 1. The van der Waals surface area contributed by atoms with Gasteiger partial charge >= 0.3 is 0 Å². The molecule has 1 aromatic rings. The number of rotatable bonds is 6. The maximum absolute atomic E-state index is 12.0. The maximum atomic E-state index is 12.0. The van der Waals surface area contributed by atoms with Gasteiger partial charge < -0.3 is 5.32 Å². The minimum absolute atomic E-state index is 0.245. The minimum Gasteiger partial charge on any atom is -0.313 e. The third-order valence-corrected chi connectivity index (χ3v) is 4.95. The quantitative estimate of drug-likeness (QED) is 0.877. The van der Waals surface area contributed by atoms with Gasteiger partial charge in [-0.3, -0.25) is 0 Å². The molecular formula is C15H22N2O2S. The summed E-state index contributed by atoms with van der Waals surface area (Å²) in [4.78, 5) is 0.341. The number of hydrogen-bond acceptors (Lipinski definition) is 3. The van der Waals surface area contributed by atoms with Crippen molar-refractivity contribution in [3.8, 4) is 0 Å². The summed E-state index contributed by atoms with van der Waals surface area (Å²) in [5, 5.41) is 3.48. The van der Waals surface area contributed by atoms with Crippen LogP contribution in [-0.2, 0) is 10.0 Å². The molecule has 1 N–H and O–H groups in total. The van der Waals surface area contributed by atoms with Crippen molar-refractivity contribution in [1.29, 1.82) is 0 Å². The number of benzene rings is 1. The Balaban J connectivity index is 2.25. The molecule has 0 bridgehead atoms. The van der Waals surface area contributed by atoms with E-state index in [1.807, 2.05) is 12.1 Å². The van der Waals surface area contributed by atoms with Crippen molar-refractivity contribution in [2.24, 2.45) is 10.3 Å². The van der Waals surface area contributed by atoms with Crippen LogP contribution in [0.25, 0.3) is 0 Å². The topological polar surface area (TPSA) is 58.5 Å². The van der Waals surface area contributed by atoms with E-state index in [1.165, 1.54) is 0 Å². The molecule has 20 heavy (non-hydrogen) atoms. The van der Waals surface area contributed by atoms with Crippen molar-refractivity contribution in [1.82, 2.24) is 5.32 Å². The van der Waals surface area contributed by atoms with E-state index in [4.69, 9.17) is 0 Å². The zero-order valence-electron chi connectivity index (χ0n) is 12.3. The summed E-state index contributed by atoms with van der Waals surface area (Å²) in [5.74, 6) is 0.430. The molecule has 1 unspecified atom stereocenters. The van der Waals surface area contributed by atoms with Gasteiger partial charge in [-0.05, 0) is 24.9 Å². The lowest BCUT2D eigenvalue weighted by molar-refractivity contribution is 0.410. The van der Waals surface area contributed by atoms with Crippen LogP contribution in [0.15, 0.2) is 33.6 Å². The van der Waals surface area contributed by atoms with Gasteiger partial charge in [-0.25, -0.2) is 0 Å². The zero-order valence-corrected chi connectivity index (χ0v) is 13.1. The second kappa shape index (κ2) is 6.06. The van der Waals surface area contributed by atoms with E-state index in [1.54, 1.807) is 12.1 Å². The van der Waals surface area contributed by atoms with Gasteiger partial charge in [0.2, 0.25) is 0 Å². The van der Waals surface area contributed by atoms with Gasteiger partial charge in [0.25, 0.3) is 10.0 Å². The largest absolute Gasteiger partial charge is 0.313 e. The maximum Gasteiger partial charge on any atom is 0.283 e. The van der Waals surface area contributed by atoms with Crippen LogP contribution < -0.4 is 5.32 Å². The Morgan fingerprint density at radius 1 is 1.25 bits per heavy atom. The molecule has 0 aromatic heterocycles. The van der Waals surface area contributed by atoms with E-state index in [2.05, 4.69) is 30.5 Å².